The van der Waals surface area contributed by atoms with Crippen LogP contribution in [-0.2, 0) is 13.1 Å². The van der Waals surface area contributed by atoms with E-state index in [4.69, 9.17) is 0 Å². The molecule has 3 aromatic carbocycles. The molecule has 3 rings (SSSR count). The Kier molecular flexibility index (Phi) is 8.72. The highest BCUT2D eigenvalue weighted by molar-refractivity contribution is 5.34. The SMILES string of the molecule is CCC[C@@H](O)[C@H](C#Cc1ccccc1)CN(Cc1ccccc1)Cc1ccccc1. The van der Waals surface area contributed by atoms with Crippen LogP contribution >= 0.6 is 0 Å². The molecule has 0 unspecified atom stereocenters. The van der Waals surface area contributed by atoms with Crippen LogP contribution in [0, 0.1) is 17.8 Å². The Hall–Kier alpha value is -2.86. The van der Waals surface area contributed by atoms with Gasteiger partial charge in [-0.1, -0.05) is 104 Å². The van der Waals surface area contributed by atoms with Gasteiger partial charge >= 0.3 is 0 Å². The van der Waals surface area contributed by atoms with Gasteiger partial charge in [-0.05, 0) is 29.7 Å². The molecule has 0 aliphatic rings. The topological polar surface area (TPSA) is 23.5 Å². The van der Waals surface area contributed by atoms with E-state index in [1.165, 1.54) is 11.1 Å². The summed E-state index contributed by atoms with van der Waals surface area (Å²) in [4.78, 5) is 2.40. The first-order valence-corrected chi connectivity index (χ1v) is 10.8. The molecule has 0 aromatic heterocycles. The van der Waals surface area contributed by atoms with E-state index in [2.05, 4.69) is 72.2 Å². The molecule has 0 radical (unpaired) electrons. The Balaban J connectivity index is 1.81. The second-order valence-corrected chi connectivity index (χ2v) is 7.74. The molecule has 0 heterocycles. The molecule has 30 heavy (non-hydrogen) atoms. The third kappa shape index (κ3) is 7.19. The molecule has 1 N–H and O–H groups in total. The Labute approximate surface area is 181 Å². The lowest BCUT2D eigenvalue weighted by atomic mass is 9.97. The normalized spacial score (nSPS) is 12.8. The minimum Gasteiger partial charge on any atom is -0.392 e. The van der Waals surface area contributed by atoms with Crippen molar-refractivity contribution in [1.29, 1.82) is 0 Å². The van der Waals surface area contributed by atoms with Crippen molar-refractivity contribution in [2.75, 3.05) is 6.54 Å². The molecule has 0 bridgehead atoms. The Morgan fingerprint density at radius 3 is 1.77 bits per heavy atom. The van der Waals surface area contributed by atoms with Gasteiger partial charge < -0.3 is 5.11 Å². The van der Waals surface area contributed by atoms with Crippen molar-refractivity contribution in [3.05, 3.63) is 108 Å². The van der Waals surface area contributed by atoms with E-state index < -0.39 is 6.10 Å². The average Bonchev–Trinajstić information content (AvgIpc) is 2.78. The number of aliphatic hydroxyl groups excluding tert-OH is 1. The molecule has 154 valence electrons. The summed E-state index contributed by atoms with van der Waals surface area (Å²) in [5, 5.41) is 10.8. The molecular formula is C28H31NO. The fourth-order valence-electron chi connectivity index (χ4n) is 3.60. The van der Waals surface area contributed by atoms with Crippen LogP contribution in [-0.4, -0.2) is 22.7 Å². The van der Waals surface area contributed by atoms with Crippen LogP contribution in [0.1, 0.15) is 36.5 Å². The van der Waals surface area contributed by atoms with Gasteiger partial charge in [0.1, 0.15) is 0 Å². The van der Waals surface area contributed by atoms with Gasteiger partial charge in [-0.15, -0.1) is 0 Å². The van der Waals surface area contributed by atoms with Crippen molar-refractivity contribution >= 4 is 0 Å². The summed E-state index contributed by atoms with van der Waals surface area (Å²) < 4.78 is 0. The first-order valence-electron chi connectivity index (χ1n) is 10.8. The van der Waals surface area contributed by atoms with Gasteiger partial charge in [-0.25, -0.2) is 0 Å². The van der Waals surface area contributed by atoms with E-state index in [0.29, 0.717) is 0 Å². The van der Waals surface area contributed by atoms with Crippen molar-refractivity contribution in [3.8, 4) is 11.8 Å². The average molecular weight is 398 g/mol. The quantitative estimate of drug-likeness (QED) is 0.481. The fourth-order valence-corrected chi connectivity index (χ4v) is 3.60. The summed E-state index contributed by atoms with van der Waals surface area (Å²) in [6, 6.07) is 31.1. The molecule has 3 aromatic rings. The standard InChI is InChI=1S/C28H31NO/c1-2-12-28(30)27(20-19-24-13-6-3-7-14-24)23-29(21-25-15-8-4-9-16-25)22-26-17-10-5-11-18-26/h3-11,13-18,27-28,30H,2,12,21-23H2,1H3/t27-,28-/m1/s1. The molecule has 0 aliphatic carbocycles. The van der Waals surface area contributed by atoms with Crippen molar-refractivity contribution in [1.82, 2.24) is 4.90 Å². The largest absolute Gasteiger partial charge is 0.392 e. The number of benzene rings is 3. The van der Waals surface area contributed by atoms with E-state index in [-0.39, 0.29) is 5.92 Å². The second-order valence-electron chi connectivity index (χ2n) is 7.74. The van der Waals surface area contributed by atoms with Gasteiger partial charge in [-0.2, -0.15) is 0 Å². The molecule has 0 saturated carbocycles. The summed E-state index contributed by atoms with van der Waals surface area (Å²) in [5.74, 6) is 6.56. The number of rotatable bonds is 9. The van der Waals surface area contributed by atoms with Gasteiger partial charge in [0.05, 0.1) is 12.0 Å². The van der Waals surface area contributed by atoms with Gasteiger partial charge in [0.25, 0.3) is 0 Å². The summed E-state index contributed by atoms with van der Waals surface area (Å²) >= 11 is 0. The maximum absolute atomic E-state index is 10.8. The first-order chi connectivity index (χ1) is 14.7. The van der Waals surface area contributed by atoms with E-state index in [0.717, 1.165) is 38.0 Å². The number of hydrogen-bond donors (Lipinski definition) is 1. The lowest BCUT2D eigenvalue weighted by Crippen LogP contribution is -2.34. The predicted octanol–water partition coefficient (Wildman–Crippen LogP) is 5.52. The van der Waals surface area contributed by atoms with Crippen molar-refractivity contribution in [2.45, 2.75) is 39.0 Å². The highest BCUT2D eigenvalue weighted by Crippen LogP contribution is 2.17. The molecule has 0 spiro atoms. The molecule has 2 nitrogen and oxygen atoms in total. The zero-order valence-corrected chi connectivity index (χ0v) is 17.7. The molecular weight excluding hydrogens is 366 g/mol. The lowest BCUT2D eigenvalue weighted by Gasteiger charge is -2.28. The van der Waals surface area contributed by atoms with Crippen LogP contribution in [0.5, 0.6) is 0 Å². The highest BCUT2D eigenvalue weighted by atomic mass is 16.3. The molecule has 0 amide bonds. The van der Waals surface area contributed by atoms with E-state index >= 15 is 0 Å². The fraction of sp³-hybridized carbons (Fsp3) is 0.286. The minimum atomic E-state index is -0.430. The zero-order valence-electron chi connectivity index (χ0n) is 17.7. The van der Waals surface area contributed by atoms with E-state index in [1.54, 1.807) is 0 Å². The summed E-state index contributed by atoms with van der Waals surface area (Å²) in [7, 11) is 0. The van der Waals surface area contributed by atoms with Crippen LogP contribution in [0.25, 0.3) is 0 Å². The molecule has 2 heteroatoms. The van der Waals surface area contributed by atoms with Crippen LogP contribution in [0.2, 0.25) is 0 Å². The van der Waals surface area contributed by atoms with E-state index in [9.17, 15) is 5.11 Å². The Morgan fingerprint density at radius 2 is 1.27 bits per heavy atom. The van der Waals surface area contributed by atoms with Gasteiger partial charge in [0.2, 0.25) is 0 Å². The van der Waals surface area contributed by atoms with Gasteiger partial charge in [0.15, 0.2) is 0 Å². The van der Waals surface area contributed by atoms with Crippen LogP contribution in [0.4, 0.5) is 0 Å². The van der Waals surface area contributed by atoms with Gasteiger partial charge in [0, 0.05) is 25.2 Å². The van der Waals surface area contributed by atoms with Crippen molar-refractivity contribution in [3.63, 3.8) is 0 Å². The molecule has 0 saturated heterocycles. The zero-order chi connectivity index (χ0) is 21.0. The molecule has 2 atom stereocenters. The third-order valence-electron chi connectivity index (χ3n) is 5.18. The smallest absolute Gasteiger partial charge is 0.0690 e. The Morgan fingerprint density at radius 1 is 0.767 bits per heavy atom. The maximum atomic E-state index is 10.8. The summed E-state index contributed by atoms with van der Waals surface area (Å²) in [6.07, 6.45) is 1.28. The van der Waals surface area contributed by atoms with E-state index in [1.807, 2.05) is 42.5 Å². The summed E-state index contributed by atoms with van der Waals surface area (Å²) in [5.41, 5.74) is 3.53. The molecule has 0 aliphatic heterocycles. The van der Waals surface area contributed by atoms with Crippen LogP contribution < -0.4 is 0 Å². The number of aliphatic hydroxyl groups is 1. The minimum absolute atomic E-state index is 0.0995. The third-order valence-corrected chi connectivity index (χ3v) is 5.18. The van der Waals surface area contributed by atoms with Crippen LogP contribution in [0.15, 0.2) is 91.0 Å². The monoisotopic (exact) mass is 397 g/mol. The number of nitrogens with zero attached hydrogens (tertiary/aromatic N) is 1. The maximum Gasteiger partial charge on any atom is 0.0690 e. The second kappa shape index (κ2) is 12.0. The highest BCUT2D eigenvalue weighted by Gasteiger charge is 2.20. The summed E-state index contributed by atoms with van der Waals surface area (Å²) in [6.45, 7) is 4.50. The number of hydrogen-bond acceptors (Lipinski definition) is 2. The Bertz CT molecular complexity index is 871. The van der Waals surface area contributed by atoms with Gasteiger partial charge in [-0.3, -0.25) is 4.90 Å². The first kappa shape index (κ1) is 21.8. The lowest BCUT2D eigenvalue weighted by molar-refractivity contribution is 0.0937. The van der Waals surface area contributed by atoms with Crippen LogP contribution in [0.3, 0.4) is 0 Å². The van der Waals surface area contributed by atoms with Crippen molar-refractivity contribution < 1.29 is 5.11 Å². The predicted molar refractivity (Wildman–Crippen MR) is 125 cm³/mol. The van der Waals surface area contributed by atoms with Crippen molar-refractivity contribution in [2.24, 2.45) is 5.92 Å². The molecule has 0 fully saturated rings.